The van der Waals surface area contributed by atoms with Gasteiger partial charge in [0, 0.05) is 60.3 Å². The summed E-state index contributed by atoms with van der Waals surface area (Å²) >= 11 is 1.77. The van der Waals surface area contributed by atoms with Gasteiger partial charge in [-0.05, 0) is 19.1 Å². The highest BCUT2D eigenvalue weighted by Gasteiger charge is 2.19. The molecule has 3 aromatic rings. The van der Waals surface area contributed by atoms with Gasteiger partial charge in [0.25, 0.3) is 0 Å². The molecule has 3 aromatic heterocycles. The molecule has 5 nitrogen and oxygen atoms in total. The average molecular weight is 323 g/mol. The Morgan fingerprint density at radius 1 is 1.22 bits per heavy atom. The molecule has 1 aliphatic rings. The molecule has 23 heavy (non-hydrogen) atoms. The quantitative estimate of drug-likeness (QED) is 0.742. The summed E-state index contributed by atoms with van der Waals surface area (Å²) in [5.74, 6) is 0.765. The Morgan fingerprint density at radius 3 is 2.96 bits per heavy atom. The van der Waals surface area contributed by atoms with Crippen molar-refractivity contribution in [1.29, 1.82) is 0 Å². The monoisotopic (exact) mass is 323 g/mol. The van der Waals surface area contributed by atoms with Crippen molar-refractivity contribution >= 4 is 11.3 Å². The highest BCUT2D eigenvalue weighted by molar-refractivity contribution is 7.11. The topological polar surface area (TPSA) is 54.8 Å². The van der Waals surface area contributed by atoms with Gasteiger partial charge in [-0.15, -0.1) is 11.3 Å². The molecule has 0 spiro atoms. The van der Waals surface area contributed by atoms with Crippen LogP contribution in [0.5, 0.6) is 0 Å². The summed E-state index contributed by atoms with van der Waals surface area (Å²) in [6.07, 6.45) is 8.43. The van der Waals surface area contributed by atoms with Gasteiger partial charge in [-0.25, -0.2) is 15.0 Å². The van der Waals surface area contributed by atoms with Crippen LogP contribution in [0, 0.1) is 6.92 Å². The van der Waals surface area contributed by atoms with Crippen LogP contribution in [0.4, 0.5) is 0 Å². The molecule has 4 rings (SSSR count). The summed E-state index contributed by atoms with van der Waals surface area (Å²) in [5, 5.41) is 1.18. The van der Waals surface area contributed by atoms with E-state index in [9.17, 15) is 0 Å². The van der Waals surface area contributed by atoms with Crippen molar-refractivity contribution in [2.45, 2.75) is 26.4 Å². The van der Waals surface area contributed by atoms with Crippen LogP contribution in [0.1, 0.15) is 21.1 Å². The Morgan fingerprint density at radius 2 is 2.17 bits per heavy atom. The maximum atomic E-state index is 4.74. The van der Waals surface area contributed by atoms with Gasteiger partial charge in [0.15, 0.2) is 5.82 Å². The minimum absolute atomic E-state index is 0.765. The summed E-state index contributed by atoms with van der Waals surface area (Å²) in [7, 11) is 0. The predicted octanol–water partition coefficient (Wildman–Crippen LogP) is 2.86. The van der Waals surface area contributed by atoms with Crippen molar-refractivity contribution in [1.82, 2.24) is 24.8 Å². The van der Waals surface area contributed by atoms with Crippen molar-refractivity contribution in [2.24, 2.45) is 0 Å². The van der Waals surface area contributed by atoms with E-state index in [-0.39, 0.29) is 0 Å². The Kier molecular flexibility index (Phi) is 3.85. The summed E-state index contributed by atoms with van der Waals surface area (Å²) < 4.78 is 0. The summed E-state index contributed by atoms with van der Waals surface area (Å²) in [6.45, 7) is 4.90. The normalized spacial score (nSPS) is 14.7. The van der Waals surface area contributed by atoms with E-state index in [2.05, 4.69) is 26.8 Å². The van der Waals surface area contributed by atoms with Crippen molar-refractivity contribution in [2.75, 3.05) is 6.54 Å². The summed E-state index contributed by atoms with van der Waals surface area (Å²) in [6, 6.07) is 3.91. The molecule has 0 unspecified atom stereocenters. The number of thiazole rings is 1. The Bertz CT molecular complexity index is 815. The Hall–Kier alpha value is -2.18. The molecule has 0 saturated heterocycles. The molecule has 0 aromatic carbocycles. The van der Waals surface area contributed by atoms with Crippen LogP contribution < -0.4 is 0 Å². The number of hydrogen-bond acceptors (Lipinski definition) is 6. The van der Waals surface area contributed by atoms with Gasteiger partial charge in [0.2, 0.25) is 0 Å². The first kappa shape index (κ1) is 14.4. The number of pyridine rings is 1. The second kappa shape index (κ2) is 6.14. The minimum Gasteiger partial charge on any atom is -0.292 e. The number of aryl methyl sites for hydroxylation is 1. The molecule has 1 aliphatic heterocycles. The molecule has 0 atom stereocenters. The predicted molar refractivity (Wildman–Crippen MR) is 89.9 cm³/mol. The van der Waals surface area contributed by atoms with E-state index in [4.69, 9.17) is 4.98 Å². The summed E-state index contributed by atoms with van der Waals surface area (Å²) in [4.78, 5) is 21.5. The molecular weight excluding hydrogens is 306 g/mol. The van der Waals surface area contributed by atoms with E-state index in [1.54, 1.807) is 17.5 Å². The van der Waals surface area contributed by atoms with Crippen LogP contribution in [-0.4, -0.2) is 31.4 Å². The smallest absolute Gasteiger partial charge is 0.160 e. The van der Waals surface area contributed by atoms with Gasteiger partial charge in [-0.1, -0.05) is 0 Å². The lowest BCUT2D eigenvalue weighted by Gasteiger charge is -2.27. The van der Waals surface area contributed by atoms with E-state index in [1.807, 2.05) is 30.7 Å². The maximum absolute atomic E-state index is 4.74. The Labute approximate surface area is 139 Å². The maximum Gasteiger partial charge on any atom is 0.160 e. The molecule has 0 aliphatic carbocycles. The largest absolute Gasteiger partial charge is 0.292 e. The van der Waals surface area contributed by atoms with Crippen LogP contribution in [0.15, 0.2) is 36.9 Å². The lowest BCUT2D eigenvalue weighted by molar-refractivity contribution is 0.242. The van der Waals surface area contributed by atoms with Gasteiger partial charge in [-0.3, -0.25) is 9.88 Å². The Balaban J connectivity index is 1.52. The van der Waals surface area contributed by atoms with Crippen molar-refractivity contribution in [3.8, 4) is 11.4 Å². The lowest BCUT2D eigenvalue weighted by Crippen LogP contribution is -2.30. The van der Waals surface area contributed by atoms with Crippen LogP contribution in [0.2, 0.25) is 0 Å². The van der Waals surface area contributed by atoms with E-state index in [1.165, 1.54) is 15.4 Å². The van der Waals surface area contributed by atoms with E-state index in [0.717, 1.165) is 43.1 Å². The molecule has 0 fully saturated rings. The van der Waals surface area contributed by atoms with Crippen molar-refractivity contribution in [3.63, 3.8) is 0 Å². The van der Waals surface area contributed by atoms with Crippen molar-refractivity contribution in [3.05, 3.63) is 58.1 Å². The number of aromatic nitrogens is 4. The highest BCUT2D eigenvalue weighted by atomic mass is 32.1. The van der Waals surface area contributed by atoms with Gasteiger partial charge in [0.1, 0.15) is 5.01 Å². The molecule has 0 radical (unpaired) electrons. The molecule has 0 amide bonds. The fraction of sp³-hybridized carbons (Fsp3) is 0.294. The second-order valence-electron chi connectivity index (χ2n) is 5.73. The number of nitrogens with zero attached hydrogens (tertiary/aromatic N) is 5. The zero-order valence-corrected chi connectivity index (χ0v) is 13.8. The first-order valence-electron chi connectivity index (χ1n) is 7.67. The summed E-state index contributed by atoms with van der Waals surface area (Å²) in [5.41, 5.74) is 3.35. The third kappa shape index (κ3) is 3.13. The second-order valence-corrected chi connectivity index (χ2v) is 7.05. The van der Waals surface area contributed by atoms with Gasteiger partial charge in [0.05, 0.1) is 12.2 Å². The third-order valence-corrected chi connectivity index (χ3v) is 4.86. The first-order valence-corrected chi connectivity index (χ1v) is 8.48. The molecular formula is C17H17N5S. The van der Waals surface area contributed by atoms with Gasteiger partial charge in [-0.2, -0.15) is 0 Å². The van der Waals surface area contributed by atoms with Crippen LogP contribution in [0.3, 0.4) is 0 Å². The standard InChI is InChI=1S/C17H17N5S/c1-12-7-19-16(23-12)11-22-6-4-15-14(10-22)9-20-17(21-15)13-3-2-5-18-8-13/h2-3,5,7-9H,4,6,10-11H2,1H3. The van der Waals surface area contributed by atoms with Gasteiger partial charge >= 0.3 is 0 Å². The molecule has 0 bridgehead atoms. The highest BCUT2D eigenvalue weighted by Crippen LogP contribution is 2.22. The fourth-order valence-electron chi connectivity index (χ4n) is 2.81. The number of rotatable bonds is 3. The molecule has 116 valence electrons. The van der Waals surface area contributed by atoms with Crippen LogP contribution >= 0.6 is 11.3 Å². The zero-order valence-electron chi connectivity index (χ0n) is 12.9. The third-order valence-electron chi connectivity index (χ3n) is 3.96. The number of fused-ring (bicyclic) bond motifs is 1. The minimum atomic E-state index is 0.765. The molecule has 0 saturated carbocycles. The fourth-order valence-corrected chi connectivity index (χ4v) is 3.64. The molecule has 0 N–H and O–H groups in total. The van der Waals surface area contributed by atoms with E-state index in [0.29, 0.717) is 0 Å². The van der Waals surface area contributed by atoms with E-state index < -0.39 is 0 Å². The average Bonchev–Trinajstić information content (AvgIpc) is 3.00. The number of hydrogen-bond donors (Lipinski definition) is 0. The van der Waals surface area contributed by atoms with Crippen molar-refractivity contribution < 1.29 is 0 Å². The van der Waals surface area contributed by atoms with Gasteiger partial charge < -0.3 is 0 Å². The zero-order chi connectivity index (χ0) is 15.6. The molecule has 6 heteroatoms. The lowest BCUT2D eigenvalue weighted by atomic mass is 10.1. The van der Waals surface area contributed by atoms with E-state index >= 15 is 0 Å². The SMILES string of the molecule is Cc1cnc(CN2CCc3nc(-c4cccnc4)ncc3C2)s1. The van der Waals surface area contributed by atoms with Crippen LogP contribution in [0.25, 0.3) is 11.4 Å². The van der Waals surface area contributed by atoms with Crippen LogP contribution in [-0.2, 0) is 19.5 Å². The molecule has 4 heterocycles. The first-order chi connectivity index (χ1) is 11.3.